The minimum absolute atomic E-state index is 0.00788. The highest BCUT2D eigenvalue weighted by atomic mass is 31.1. The topological polar surface area (TPSA) is 117 Å². The Bertz CT molecular complexity index is 3010. The first-order valence-electron chi connectivity index (χ1n) is 17.2. The van der Waals surface area contributed by atoms with E-state index in [-0.39, 0.29) is 11.4 Å². The van der Waals surface area contributed by atoms with Crippen LogP contribution in [0, 0.1) is 20.2 Å². The van der Waals surface area contributed by atoms with Gasteiger partial charge in [0.15, 0.2) is 11.2 Å². The Balaban J connectivity index is 1.48. The Morgan fingerprint density at radius 2 is 0.833 bits per heavy atom. The molecule has 10 rings (SSSR count). The van der Waals surface area contributed by atoms with Crippen LogP contribution < -0.4 is 0 Å². The van der Waals surface area contributed by atoms with E-state index in [1.54, 1.807) is 24.3 Å². The zero-order chi connectivity index (χ0) is 36.5. The van der Waals surface area contributed by atoms with Gasteiger partial charge in [0.1, 0.15) is 0 Å². The normalized spacial score (nSPS) is 11.6. The molecule has 2 heterocycles. The van der Waals surface area contributed by atoms with Crippen LogP contribution in [0.5, 0.6) is 0 Å². The monoisotopic (exact) mass is 723 g/mol. The van der Waals surface area contributed by atoms with E-state index in [1.165, 1.54) is 24.3 Å². The number of fused-ring (bicyclic) bond motifs is 10. The molecule has 2 aromatic heterocycles. The van der Waals surface area contributed by atoms with E-state index in [9.17, 15) is 20.2 Å². The number of benzene rings is 8. The number of non-ortho nitro benzene ring substituents is 2. The second kappa shape index (κ2) is 12.2. The number of rotatable bonds is 5. The molecule has 0 unspecified atom stereocenters. The van der Waals surface area contributed by atoms with Crippen LogP contribution in [0.4, 0.5) is 11.4 Å². The van der Waals surface area contributed by atoms with Crippen molar-refractivity contribution >= 4 is 84.8 Å². The van der Waals surface area contributed by atoms with Gasteiger partial charge in [-0.1, -0.05) is 84.9 Å². The Hall–Kier alpha value is -7.22. The molecule has 0 atom stereocenters. The zero-order valence-corrected chi connectivity index (χ0v) is 29.1. The first-order chi connectivity index (χ1) is 26.4. The molecule has 0 aliphatic carbocycles. The molecule has 0 bridgehead atoms. The average molecular weight is 724 g/mol. The molecule has 0 N–H and O–H groups in total. The molecule has 258 valence electrons. The summed E-state index contributed by atoms with van der Waals surface area (Å²) in [7, 11) is -1.99. The third kappa shape index (κ3) is 4.87. The van der Waals surface area contributed by atoms with Crippen molar-refractivity contribution in [3.05, 3.63) is 178 Å². The van der Waals surface area contributed by atoms with Crippen LogP contribution >= 0.6 is 8.16 Å². The van der Waals surface area contributed by atoms with Crippen LogP contribution in [-0.4, -0.2) is 14.2 Å². The summed E-state index contributed by atoms with van der Waals surface area (Å²) in [5.41, 5.74) is 6.04. The summed E-state index contributed by atoms with van der Waals surface area (Å²) >= 11 is 0. The number of para-hydroxylation sites is 2. The standard InChI is InChI=1S/C44H26N3O6P/c48-46(49)31-21-17-27(18-22-31)37-25-29-9-1-3-11-33(29)41-42-34-12-4-2-10-30(34)26-38(28-19-23-32(24-20-28)47(50)51)44(42)53-54(52-43(37)41)45-39-15-7-5-13-35(39)36-14-6-8-16-40(36)45/h1-26H. The van der Waals surface area contributed by atoms with Gasteiger partial charge in [-0.05, 0) is 81.2 Å². The van der Waals surface area contributed by atoms with Gasteiger partial charge in [0.25, 0.3) is 11.4 Å². The number of nitro groups is 2. The Labute approximate surface area is 306 Å². The largest absolute Gasteiger partial charge is 0.403 e. The number of hydrogen-bond donors (Lipinski definition) is 0. The van der Waals surface area contributed by atoms with Crippen molar-refractivity contribution in [1.82, 2.24) is 4.34 Å². The SMILES string of the molecule is O=[N+]([O-])c1ccc(-c2cc3ccccc3c3c2op(-n2c4ccccc4c4ccccc42)oc2c(-c4ccc([N+](=O)[O-])cc4)cc4ccccc4c23)cc1. The van der Waals surface area contributed by atoms with E-state index < -0.39 is 18.0 Å². The molecule has 0 fully saturated rings. The van der Waals surface area contributed by atoms with Crippen LogP contribution in [-0.2, 0) is 0 Å². The van der Waals surface area contributed by atoms with Crippen LogP contribution in [0.1, 0.15) is 0 Å². The predicted molar refractivity (Wildman–Crippen MR) is 216 cm³/mol. The highest BCUT2D eigenvalue weighted by molar-refractivity contribution is 7.36. The Morgan fingerprint density at radius 1 is 0.463 bits per heavy atom. The molecule has 10 aromatic rings. The highest BCUT2D eigenvalue weighted by Crippen LogP contribution is 2.50. The fourth-order valence-electron chi connectivity index (χ4n) is 7.63. The minimum atomic E-state index is -1.99. The maximum Gasteiger partial charge on any atom is 0.346 e. The zero-order valence-electron chi connectivity index (χ0n) is 28.2. The lowest BCUT2D eigenvalue weighted by atomic mass is 9.91. The van der Waals surface area contributed by atoms with Crippen LogP contribution in [0.25, 0.3) is 87.5 Å². The van der Waals surface area contributed by atoms with Crippen molar-refractivity contribution in [2.45, 2.75) is 0 Å². The Kier molecular flexibility index (Phi) is 7.11. The van der Waals surface area contributed by atoms with Crippen LogP contribution in [0.3, 0.4) is 0 Å². The molecule has 9 nitrogen and oxygen atoms in total. The third-order valence-electron chi connectivity index (χ3n) is 10.1. The summed E-state index contributed by atoms with van der Waals surface area (Å²) in [6.07, 6.45) is 0. The lowest BCUT2D eigenvalue weighted by Gasteiger charge is -2.12. The molecule has 0 aliphatic heterocycles. The summed E-state index contributed by atoms with van der Waals surface area (Å²) in [5, 5.41) is 30.9. The van der Waals surface area contributed by atoms with Crippen molar-refractivity contribution < 1.29 is 18.2 Å². The van der Waals surface area contributed by atoms with Crippen molar-refractivity contribution in [3.63, 3.8) is 0 Å². The van der Waals surface area contributed by atoms with E-state index in [0.29, 0.717) is 11.2 Å². The first kappa shape index (κ1) is 31.5. The summed E-state index contributed by atoms with van der Waals surface area (Å²) in [6.45, 7) is 0. The van der Waals surface area contributed by atoms with Gasteiger partial charge in [0.05, 0.1) is 20.9 Å². The van der Waals surface area contributed by atoms with Gasteiger partial charge in [-0.2, -0.15) is 0 Å². The molecule has 0 spiro atoms. The second-order valence-electron chi connectivity index (χ2n) is 13.1. The highest BCUT2D eigenvalue weighted by Gasteiger charge is 2.23. The predicted octanol–water partition coefficient (Wildman–Crippen LogP) is 13.2. The lowest BCUT2D eigenvalue weighted by molar-refractivity contribution is -0.385. The third-order valence-corrected chi connectivity index (χ3v) is 11.5. The summed E-state index contributed by atoms with van der Waals surface area (Å²) in [6, 6.07) is 49.8. The summed E-state index contributed by atoms with van der Waals surface area (Å²) in [4.78, 5) is 22.6. The molecule has 8 aromatic carbocycles. The average Bonchev–Trinajstić information content (AvgIpc) is 3.43. The summed E-state index contributed by atoms with van der Waals surface area (Å²) < 4.78 is 16.8. The first-order valence-corrected chi connectivity index (χ1v) is 18.3. The van der Waals surface area contributed by atoms with Gasteiger partial charge in [-0.3, -0.25) is 20.2 Å². The van der Waals surface area contributed by atoms with E-state index in [4.69, 9.17) is 8.39 Å². The molecule has 0 saturated carbocycles. The molecule has 0 saturated heterocycles. The number of hydrogen-bond acceptors (Lipinski definition) is 6. The van der Waals surface area contributed by atoms with Gasteiger partial charge in [0.2, 0.25) is 0 Å². The molecular formula is C44H26N3O6P. The number of nitrogens with zero attached hydrogens (tertiary/aromatic N) is 3. The summed E-state index contributed by atoms with van der Waals surface area (Å²) in [5.74, 6) is 0. The van der Waals surface area contributed by atoms with Gasteiger partial charge >= 0.3 is 8.16 Å². The number of nitro benzene ring substituents is 2. The fraction of sp³-hybridized carbons (Fsp3) is 0. The van der Waals surface area contributed by atoms with Crippen molar-refractivity contribution in [1.29, 1.82) is 0 Å². The Morgan fingerprint density at radius 3 is 1.24 bits per heavy atom. The maximum absolute atomic E-state index is 11.7. The van der Waals surface area contributed by atoms with E-state index in [0.717, 1.165) is 76.4 Å². The lowest BCUT2D eigenvalue weighted by Crippen LogP contribution is -1.89. The van der Waals surface area contributed by atoms with Crippen LogP contribution in [0.2, 0.25) is 0 Å². The molecule has 0 radical (unpaired) electrons. The molecule has 0 aliphatic rings. The minimum Gasteiger partial charge on any atom is -0.403 e. The maximum atomic E-state index is 11.7. The quantitative estimate of drug-likeness (QED) is 0.129. The van der Waals surface area contributed by atoms with Crippen molar-refractivity contribution in [2.24, 2.45) is 0 Å². The molecule has 54 heavy (non-hydrogen) atoms. The van der Waals surface area contributed by atoms with Gasteiger partial charge < -0.3 is 8.39 Å². The number of aromatic nitrogens is 1. The second-order valence-corrected chi connectivity index (χ2v) is 14.3. The van der Waals surface area contributed by atoms with Crippen LogP contribution in [0.15, 0.2) is 166 Å². The fourth-order valence-corrected chi connectivity index (χ4v) is 9.22. The van der Waals surface area contributed by atoms with E-state index >= 15 is 0 Å². The van der Waals surface area contributed by atoms with Gasteiger partial charge in [-0.25, -0.2) is 4.34 Å². The smallest absolute Gasteiger partial charge is 0.346 e. The van der Waals surface area contributed by atoms with E-state index in [2.05, 4.69) is 52.9 Å². The molecule has 0 amide bonds. The van der Waals surface area contributed by atoms with Gasteiger partial charge in [-0.15, -0.1) is 0 Å². The molecule has 10 heteroatoms. The van der Waals surface area contributed by atoms with Gasteiger partial charge in [0, 0.05) is 56.9 Å². The van der Waals surface area contributed by atoms with Crippen molar-refractivity contribution in [3.8, 4) is 22.3 Å². The van der Waals surface area contributed by atoms with E-state index in [1.807, 2.05) is 60.7 Å². The molecular weight excluding hydrogens is 697 g/mol. The van der Waals surface area contributed by atoms with Crippen molar-refractivity contribution in [2.75, 3.05) is 0 Å².